The standard InChI is InChI=1S/C18H18S/c1-3-9-15-11-5-7-13-17(15)19-18-14-8-6-12-16(18)10-4-2/h3-8,11-14H,1-2,9-10H2. The summed E-state index contributed by atoms with van der Waals surface area (Å²) >= 11 is 1.83. The minimum absolute atomic E-state index is 0.910. The van der Waals surface area contributed by atoms with Gasteiger partial charge in [0, 0.05) is 9.79 Å². The van der Waals surface area contributed by atoms with E-state index in [-0.39, 0.29) is 0 Å². The van der Waals surface area contributed by atoms with Gasteiger partial charge < -0.3 is 0 Å². The van der Waals surface area contributed by atoms with Crippen LogP contribution < -0.4 is 0 Å². The largest absolute Gasteiger partial charge is 0.103 e. The third-order valence-corrected chi connectivity index (χ3v) is 4.13. The fourth-order valence-corrected chi connectivity index (χ4v) is 3.07. The molecule has 0 unspecified atom stereocenters. The van der Waals surface area contributed by atoms with Crippen LogP contribution >= 0.6 is 11.8 Å². The van der Waals surface area contributed by atoms with Gasteiger partial charge in [0.25, 0.3) is 0 Å². The van der Waals surface area contributed by atoms with E-state index in [1.165, 1.54) is 20.9 Å². The number of benzene rings is 2. The van der Waals surface area contributed by atoms with Crippen molar-refractivity contribution >= 4 is 11.8 Å². The Labute approximate surface area is 119 Å². The molecule has 0 saturated carbocycles. The van der Waals surface area contributed by atoms with Crippen molar-refractivity contribution in [2.45, 2.75) is 22.6 Å². The molecular weight excluding hydrogens is 248 g/mol. The average molecular weight is 266 g/mol. The van der Waals surface area contributed by atoms with Gasteiger partial charge in [-0.05, 0) is 36.1 Å². The molecule has 0 saturated heterocycles. The highest BCUT2D eigenvalue weighted by atomic mass is 32.2. The Balaban J connectivity index is 2.30. The second-order valence-corrected chi connectivity index (χ2v) is 5.39. The van der Waals surface area contributed by atoms with E-state index in [1.54, 1.807) is 0 Å². The van der Waals surface area contributed by atoms with Crippen LogP contribution in [0.15, 0.2) is 83.6 Å². The highest BCUT2D eigenvalue weighted by Gasteiger charge is 2.05. The molecule has 0 aromatic heterocycles. The second-order valence-electron chi connectivity index (χ2n) is 4.30. The van der Waals surface area contributed by atoms with Crippen molar-refractivity contribution in [1.82, 2.24) is 0 Å². The van der Waals surface area contributed by atoms with Gasteiger partial charge in [0.15, 0.2) is 0 Å². The molecule has 0 amide bonds. The molecule has 0 fully saturated rings. The maximum atomic E-state index is 3.83. The molecule has 19 heavy (non-hydrogen) atoms. The highest BCUT2D eigenvalue weighted by Crippen LogP contribution is 2.33. The van der Waals surface area contributed by atoms with Crippen LogP contribution in [0, 0.1) is 0 Å². The molecule has 1 heteroatoms. The monoisotopic (exact) mass is 266 g/mol. The van der Waals surface area contributed by atoms with E-state index in [4.69, 9.17) is 0 Å². The van der Waals surface area contributed by atoms with Gasteiger partial charge in [0.1, 0.15) is 0 Å². The van der Waals surface area contributed by atoms with Crippen molar-refractivity contribution in [3.05, 3.63) is 85.0 Å². The molecule has 0 radical (unpaired) electrons. The van der Waals surface area contributed by atoms with Crippen molar-refractivity contribution in [3.63, 3.8) is 0 Å². The van der Waals surface area contributed by atoms with Crippen LogP contribution in [0.5, 0.6) is 0 Å². The zero-order chi connectivity index (χ0) is 13.5. The SMILES string of the molecule is C=CCc1ccccc1Sc1ccccc1CC=C. The van der Waals surface area contributed by atoms with Crippen molar-refractivity contribution in [3.8, 4) is 0 Å². The van der Waals surface area contributed by atoms with Crippen LogP contribution in [-0.2, 0) is 12.8 Å². The number of rotatable bonds is 6. The number of hydrogen-bond acceptors (Lipinski definition) is 1. The van der Waals surface area contributed by atoms with E-state index in [2.05, 4.69) is 61.7 Å². The van der Waals surface area contributed by atoms with Crippen LogP contribution in [0.25, 0.3) is 0 Å². The highest BCUT2D eigenvalue weighted by molar-refractivity contribution is 7.99. The first-order chi connectivity index (χ1) is 9.35. The number of hydrogen-bond donors (Lipinski definition) is 0. The molecule has 2 aromatic rings. The lowest BCUT2D eigenvalue weighted by atomic mass is 10.1. The molecular formula is C18H18S. The van der Waals surface area contributed by atoms with Crippen LogP contribution in [0.4, 0.5) is 0 Å². The maximum Gasteiger partial charge on any atom is 0.0157 e. The van der Waals surface area contributed by atoms with E-state index in [1.807, 2.05) is 23.9 Å². The molecule has 0 heterocycles. The summed E-state index contributed by atoms with van der Waals surface area (Å²) in [5, 5.41) is 0. The summed E-state index contributed by atoms with van der Waals surface area (Å²) in [7, 11) is 0. The molecule has 2 rings (SSSR count). The van der Waals surface area contributed by atoms with Gasteiger partial charge >= 0.3 is 0 Å². The molecule has 2 aromatic carbocycles. The molecule has 0 atom stereocenters. The van der Waals surface area contributed by atoms with Gasteiger partial charge in [-0.2, -0.15) is 0 Å². The van der Waals surface area contributed by atoms with E-state index in [0.29, 0.717) is 0 Å². The summed E-state index contributed by atoms with van der Waals surface area (Å²) in [6.07, 6.45) is 5.73. The zero-order valence-electron chi connectivity index (χ0n) is 11.0. The molecule has 0 N–H and O–H groups in total. The maximum absolute atomic E-state index is 3.83. The molecule has 0 nitrogen and oxygen atoms in total. The summed E-state index contributed by atoms with van der Waals surface area (Å²) in [5.41, 5.74) is 2.66. The predicted octanol–water partition coefficient (Wildman–Crippen LogP) is 5.29. The lowest BCUT2D eigenvalue weighted by molar-refractivity contribution is 1.16. The second kappa shape index (κ2) is 7.01. The Bertz CT molecular complexity index is 518. The minimum atomic E-state index is 0.910. The van der Waals surface area contributed by atoms with Gasteiger partial charge in [-0.15, -0.1) is 13.2 Å². The summed E-state index contributed by atoms with van der Waals surface area (Å²) in [6.45, 7) is 7.66. The third kappa shape index (κ3) is 3.62. The Morgan fingerprint density at radius 1 is 0.737 bits per heavy atom. The Hall–Kier alpha value is -1.73. The molecule has 0 aliphatic heterocycles. The van der Waals surface area contributed by atoms with Crippen molar-refractivity contribution < 1.29 is 0 Å². The van der Waals surface area contributed by atoms with E-state index >= 15 is 0 Å². The van der Waals surface area contributed by atoms with Gasteiger partial charge in [-0.1, -0.05) is 60.3 Å². The predicted molar refractivity (Wildman–Crippen MR) is 84.8 cm³/mol. The van der Waals surface area contributed by atoms with E-state index in [9.17, 15) is 0 Å². The van der Waals surface area contributed by atoms with Crippen LogP contribution in [0.2, 0.25) is 0 Å². The first kappa shape index (κ1) is 13.7. The summed E-state index contributed by atoms with van der Waals surface area (Å²) in [4.78, 5) is 2.61. The fourth-order valence-electron chi connectivity index (χ4n) is 1.97. The van der Waals surface area contributed by atoms with Crippen molar-refractivity contribution in [2.75, 3.05) is 0 Å². The summed E-state index contributed by atoms with van der Waals surface area (Å²) < 4.78 is 0. The topological polar surface area (TPSA) is 0 Å². The van der Waals surface area contributed by atoms with Crippen molar-refractivity contribution in [1.29, 1.82) is 0 Å². The van der Waals surface area contributed by atoms with Crippen LogP contribution in [0.3, 0.4) is 0 Å². The lowest BCUT2D eigenvalue weighted by Crippen LogP contribution is -1.88. The Kier molecular flexibility index (Phi) is 5.05. The summed E-state index contributed by atoms with van der Waals surface area (Å²) in [6, 6.07) is 17.0. The fraction of sp³-hybridized carbons (Fsp3) is 0.111. The normalized spacial score (nSPS) is 10.1. The quantitative estimate of drug-likeness (QED) is 0.640. The lowest BCUT2D eigenvalue weighted by Gasteiger charge is -2.10. The molecule has 0 spiro atoms. The van der Waals surface area contributed by atoms with Crippen molar-refractivity contribution in [2.24, 2.45) is 0 Å². The van der Waals surface area contributed by atoms with Gasteiger partial charge in [0.05, 0.1) is 0 Å². The first-order valence-corrected chi connectivity index (χ1v) is 7.22. The zero-order valence-corrected chi connectivity index (χ0v) is 11.8. The molecule has 96 valence electrons. The molecule has 0 bridgehead atoms. The Morgan fingerprint density at radius 3 is 1.58 bits per heavy atom. The smallest absolute Gasteiger partial charge is 0.0157 e. The van der Waals surface area contributed by atoms with Gasteiger partial charge in [0.2, 0.25) is 0 Å². The van der Waals surface area contributed by atoms with Crippen LogP contribution in [-0.4, -0.2) is 0 Å². The minimum Gasteiger partial charge on any atom is -0.103 e. The molecule has 0 aliphatic rings. The van der Waals surface area contributed by atoms with E-state index in [0.717, 1.165) is 12.8 Å². The number of allylic oxidation sites excluding steroid dienone is 2. The van der Waals surface area contributed by atoms with E-state index < -0.39 is 0 Å². The van der Waals surface area contributed by atoms with Gasteiger partial charge in [-0.3, -0.25) is 0 Å². The molecule has 0 aliphatic carbocycles. The summed E-state index contributed by atoms with van der Waals surface area (Å²) in [5.74, 6) is 0. The average Bonchev–Trinajstić information content (AvgIpc) is 2.44. The van der Waals surface area contributed by atoms with Crippen LogP contribution in [0.1, 0.15) is 11.1 Å². The van der Waals surface area contributed by atoms with Gasteiger partial charge in [-0.25, -0.2) is 0 Å². The first-order valence-electron chi connectivity index (χ1n) is 6.40. The third-order valence-electron chi connectivity index (χ3n) is 2.89. The Morgan fingerprint density at radius 2 is 1.16 bits per heavy atom.